The first-order chi connectivity index (χ1) is 7.19. The maximum absolute atomic E-state index is 8.74. The van der Waals surface area contributed by atoms with E-state index < -0.39 is 0 Å². The fraction of sp³-hybridized carbons (Fsp3) is 0.538. The van der Waals surface area contributed by atoms with E-state index in [0.29, 0.717) is 0 Å². The van der Waals surface area contributed by atoms with Gasteiger partial charge in [0.2, 0.25) is 0 Å². The van der Waals surface area contributed by atoms with Gasteiger partial charge in [-0.2, -0.15) is 0 Å². The lowest BCUT2D eigenvalue weighted by Gasteiger charge is -2.11. The number of rotatable bonds is 5. The van der Waals surface area contributed by atoms with Crippen molar-refractivity contribution in [1.82, 2.24) is 0 Å². The van der Waals surface area contributed by atoms with Crippen LogP contribution in [-0.2, 0) is 6.42 Å². The normalized spacial score (nSPS) is 10.4. The lowest BCUT2D eigenvalue weighted by Crippen LogP contribution is -1.96. The molecule has 84 valence electrons. The Morgan fingerprint density at radius 3 is 2.40 bits per heavy atom. The summed E-state index contributed by atoms with van der Waals surface area (Å²) in [4.78, 5) is 0. The largest absolute Gasteiger partial charge is 0.496 e. The minimum absolute atomic E-state index is 0.271. The molecule has 0 aliphatic carbocycles. The predicted molar refractivity (Wildman–Crippen MR) is 62.5 cm³/mol. The molecule has 1 aromatic rings. The molecule has 0 fully saturated rings. The van der Waals surface area contributed by atoms with Gasteiger partial charge in [0.05, 0.1) is 7.11 Å². The van der Waals surface area contributed by atoms with Crippen LogP contribution >= 0.6 is 0 Å². The van der Waals surface area contributed by atoms with Gasteiger partial charge in [-0.05, 0) is 55.9 Å². The molecule has 0 aliphatic heterocycles. The van der Waals surface area contributed by atoms with Gasteiger partial charge in [-0.15, -0.1) is 0 Å². The molecule has 0 atom stereocenters. The Morgan fingerprint density at radius 1 is 1.13 bits per heavy atom. The molecule has 0 amide bonds. The number of hydrogen-bond acceptors (Lipinski definition) is 2. The third kappa shape index (κ3) is 3.24. The van der Waals surface area contributed by atoms with Crippen molar-refractivity contribution >= 4 is 0 Å². The molecule has 0 heterocycles. The van der Waals surface area contributed by atoms with Crippen LogP contribution in [0.15, 0.2) is 12.1 Å². The summed E-state index contributed by atoms with van der Waals surface area (Å²) in [7, 11) is 1.71. The van der Waals surface area contributed by atoms with E-state index in [1.165, 1.54) is 16.7 Å². The van der Waals surface area contributed by atoms with Crippen LogP contribution < -0.4 is 4.74 Å². The second kappa shape index (κ2) is 5.76. The van der Waals surface area contributed by atoms with Gasteiger partial charge in [0.25, 0.3) is 0 Å². The van der Waals surface area contributed by atoms with E-state index in [1.54, 1.807) is 7.11 Å². The zero-order chi connectivity index (χ0) is 11.3. The predicted octanol–water partition coefficient (Wildman–Crippen LogP) is 2.63. The minimum Gasteiger partial charge on any atom is -0.496 e. The van der Waals surface area contributed by atoms with Crippen molar-refractivity contribution in [3.63, 3.8) is 0 Å². The maximum Gasteiger partial charge on any atom is 0.122 e. The molecule has 0 unspecified atom stereocenters. The Kier molecular flexibility index (Phi) is 4.63. The molecule has 15 heavy (non-hydrogen) atoms. The van der Waals surface area contributed by atoms with E-state index in [1.807, 2.05) is 0 Å². The van der Waals surface area contributed by atoms with E-state index in [9.17, 15) is 0 Å². The van der Waals surface area contributed by atoms with Crippen molar-refractivity contribution in [2.75, 3.05) is 13.7 Å². The number of hydrogen-bond donors (Lipinski definition) is 1. The summed E-state index contributed by atoms with van der Waals surface area (Å²) >= 11 is 0. The molecule has 1 rings (SSSR count). The summed E-state index contributed by atoms with van der Waals surface area (Å²) in [6, 6.07) is 4.27. The van der Waals surface area contributed by atoms with Crippen LogP contribution in [0, 0.1) is 13.8 Å². The maximum atomic E-state index is 8.74. The van der Waals surface area contributed by atoms with E-state index in [2.05, 4.69) is 26.0 Å². The summed E-state index contributed by atoms with van der Waals surface area (Å²) in [5.41, 5.74) is 3.81. The average molecular weight is 208 g/mol. The number of ether oxygens (including phenoxy) is 1. The molecule has 2 heteroatoms. The topological polar surface area (TPSA) is 29.5 Å². The summed E-state index contributed by atoms with van der Waals surface area (Å²) in [6.07, 6.45) is 2.84. The first kappa shape index (κ1) is 12.1. The number of unbranched alkanes of at least 4 members (excludes halogenated alkanes) is 1. The molecule has 0 saturated heterocycles. The molecule has 0 spiro atoms. The highest BCUT2D eigenvalue weighted by Gasteiger charge is 2.05. The fourth-order valence-electron chi connectivity index (χ4n) is 1.66. The van der Waals surface area contributed by atoms with Gasteiger partial charge in [-0.1, -0.05) is 6.07 Å². The van der Waals surface area contributed by atoms with Crippen molar-refractivity contribution in [3.8, 4) is 5.75 Å². The van der Waals surface area contributed by atoms with Gasteiger partial charge in [-0.3, -0.25) is 0 Å². The Balaban J connectivity index is 2.80. The third-order valence-corrected chi connectivity index (χ3v) is 2.75. The van der Waals surface area contributed by atoms with Gasteiger partial charge in [0.15, 0.2) is 0 Å². The van der Waals surface area contributed by atoms with E-state index >= 15 is 0 Å². The molecule has 0 bridgehead atoms. The summed E-state index contributed by atoms with van der Waals surface area (Å²) in [6.45, 7) is 4.48. The van der Waals surface area contributed by atoms with Crippen LogP contribution in [0.4, 0.5) is 0 Å². The zero-order valence-electron chi connectivity index (χ0n) is 9.84. The third-order valence-electron chi connectivity index (χ3n) is 2.75. The Morgan fingerprint density at radius 2 is 1.80 bits per heavy atom. The van der Waals surface area contributed by atoms with Crippen molar-refractivity contribution in [3.05, 3.63) is 28.8 Å². The standard InChI is InChI=1S/C13H20O2/c1-10-8-12(6-4-5-7-14)13(15-3)9-11(10)2/h8-9,14H,4-7H2,1-3H3. The number of aliphatic hydroxyl groups is 1. The quantitative estimate of drug-likeness (QED) is 0.754. The van der Waals surface area contributed by atoms with Crippen LogP contribution in [0.1, 0.15) is 29.5 Å². The second-order valence-corrected chi connectivity index (χ2v) is 3.93. The van der Waals surface area contributed by atoms with Crippen LogP contribution in [0.5, 0.6) is 5.75 Å². The van der Waals surface area contributed by atoms with Gasteiger partial charge in [0.1, 0.15) is 5.75 Å². The first-order valence-corrected chi connectivity index (χ1v) is 5.44. The van der Waals surface area contributed by atoms with Crippen LogP contribution in [0.25, 0.3) is 0 Å². The van der Waals surface area contributed by atoms with Crippen LogP contribution in [-0.4, -0.2) is 18.8 Å². The summed E-state index contributed by atoms with van der Waals surface area (Å²) in [5, 5.41) is 8.74. The lowest BCUT2D eigenvalue weighted by atomic mass is 10.0. The van der Waals surface area contributed by atoms with Gasteiger partial charge < -0.3 is 9.84 Å². The molecule has 0 aromatic heterocycles. The van der Waals surface area contributed by atoms with Gasteiger partial charge in [0, 0.05) is 6.61 Å². The molecule has 0 saturated carbocycles. The smallest absolute Gasteiger partial charge is 0.122 e. The summed E-state index contributed by atoms with van der Waals surface area (Å²) < 4.78 is 5.35. The molecular weight excluding hydrogens is 188 g/mol. The summed E-state index contributed by atoms with van der Waals surface area (Å²) in [5.74, 6) is 0.969. The van der Waals surface area contributed by atoms with E-state index in [4.69, 9.17) is 9.84 Å². The Hall–Kier alpha value is -1.02. The minimum atomic E-state index is 0.271. The molecule has 2 nitrogen and oxygen atoms in total. The fourth-order valence-corrected chi connectivity index (χ4v) is 1.66. The molecule has 0 aliphatic rings. The van der Waals surface area contributed by atoms with Crippen molar-refractivity contribution in [1.29, 1.82) is 0 Å². The SMILES string of the molecule is COc1cc(C)c(C)cc1CCCCO. The molecule has 0 radical (unpaired) electrons. The average Bonchev–Trinajstić information content (AvgIpc) is 2.23. The first-order valence-electron chi connectivity index (χ1n) is 5.44. The van der Waals surface area contributed by atoms with Crippen LogP contribution in [0.3, 0.4) is 0 Å². The number of aryl methyl sites for hydroxylation is 3. The number of benzene rings is 1. The lowest BCUT2D eigenvalue weighted by molar-refractivity contribution is 0.284. The Bertz CT molecular complexity index is 319. The van der Waals surface area contributed by atoms with Crippen molar-refractivity contribution in [2.45, 2.75) is 33.1 Å². The monoisotopic (exact) mass is 208 g/mol. The molecular formula is C13H20O2. The highest BCUT2D eigenvalue weighted by atomic mass is 16.5. The Labute approximate surface area is 91.9 Å². The second-order valence-electron chi connectivity index (χ2n) is 3.93. The van der Waals surface area contributed by atoms with Crippen molar-refractivity contribution in [2.24, 2.45) is 0 Å². The molecule has 1 N–H and O–H groups in total. The van der Waals surface area contributed by atoms with Crippen LogP contribution in [0.2, 0.25) is 0 Å². The van der Waals surface area contributed by atoms with Gasteiger partial charge >= 0.3 is 0 Å². The number of aliphatic hydroxyl groups excluding tert-OH is 1. The highest BCUT2D eigenvalue weighted by molar-refractivity contribution is 5.41. The zero-order valence-corrected chi connectivity index (χ0v) is 9.84. The van der Waals surface area contributed by atoms with Crippen molar-refractivity contribution < 1.29 is 9.84 Å². The highest BCUT2D eigenvalue weighted by Crippen LogP contribution is 2.24. The number of methoxy groups -OCH3 is 1. The van der Waals surface area contributed by atoms with E-state index in [0.717, 1.165) is 25.0 Å². The van der Waals surface area contributed by atoms with Gasteiger partial charge in [-0.25, -0.2) is 0 Å². The van der Waals surface area contributed by atoms with E-state index in [-0.39, 0.29) is 6.61 Å². The molecule has 1 aromatic carbocycles.